The Kier molecular flexibility index (Phi) is 4.35. The summed E-state index contributed by atoms with van der Waals surface area (Å²) in [4.78, 5) is 16.5. The summed E-state index contributed by atoms with van der Waals surface area (Å²) in [7, 11) is 1.59. The molecule has 0 atom stereocenters. The number of benzene rings is 1. The summed E-state index contributed by atoms with van der Waals surface area (Å²) >= 11 is 1.68. The molecule has 1 aromatic heterocycles. The van der Waals surface area contributed by atoms with Crippen molar-refractivity contribution in [1.29, 1.82) is 0 Å². The van der Waals surface area contributed by atoms with E-state index in [1.165, 1.54) is 4.88 Å². The van der Waals surface area contributed by atoms with Crippen molar-refractivity contribution in [3.05, 3.63) is 40.3 Å². The summed E-state index contributed by atoms with van der Waals surface area (Å²) in [6.07, 6.45) is 1.88. The molecule has 0 spiro atoms. The number of aromatic nitrogens is 1. The lowest BCUT2D eigenvalue weighted by molar-refractivity contribution is 0.254. The average molecular weight is 276 g/mol. The van der Waals surface area contributed by atoms with Gasteiger partial charge in [0.1, 0.15) is 0 Å². The molecule has 2 amide bonds. The van der Waals surface area contributed by atoms with Crippen LogP contribution in [0, 0.1) is 6.92 Å². The van der Waals surface area contributed by atoms with Crippen LogP contribution in [0.4, 0.5) is 16.2 Å². The maximum Gasteiger partial charge on any atom is 0.318 e. The Morgan fingerprint density at radius 1 is 1.26 bits per heavy atom. The summed E-state index contributed by atoms with van der Waals surface area (Å²) in [6, 6.07) is 7.35. The Hall–Kier alpha value is -2.08. The number of hydrogen-bond donors (Lipinski definition) is 3. The van der Waals surface area contributed by atoms with Crippen molar-refractivity contribution in [2.45, 2.75) is 13.5 Å². The van der Waals surface area contributed by atoms with Crippen molar-refractivity contribution < 1.29 is 4.79 Å². The molecule has 0 aliphatic carbocycles. The van der Waals surface area contributed by atoms with Crippen LogP contribution in [0.5, 0.6) is 0 Å². The number of carbonyl (C=O) groups is 1. The van der Waals surface area contributed by atoms with Crippen LogP contribution < -0.4 is 16.0 Å². The zero-order valence-corrected chi connectivity index (χ0v) is 11.7. The smallest absolute Gasteiger partial charge is 0.318 e. The third kappa shape index (κ3) is 3.96. The highest BCUT2D eigenvalue weighted by Gasteiger charge is 2.00. The third-order valence-electron chi connectivity index (χ3n) is 2.51. The first-order chi connectivity index (χ1) is 9.17. The minimum absolute atomic E-state index is 0.221. The second-order valence-corrected chi connectivity index (χ2v) is 5.30. The lowest BCUT2D eigenvalue weighted by atomic mass is 10.3. The van der Waals surface area contributed by atoms with Gasteiger partial charge in [0.25, 0.3) is 0 Å². The molecular weight excluding hydrogens is 260 g/mol. The predicted octanol–water partition coefficient (Wildman–Crippen LogP) is 2.81. The lowest BCUT2D eigenvalue weighted by Crippen LogP contribution is -2.24. The van der Waals surface area contributed by atoms with Gasteiger partial charge in [-0.2, -0.15) is 0 Å². The fourth-order valence-corrected chi connectivity index (χ4v) is 2.28. The molecule has 2 aromatic rings. The number of rotatable bonds is 4. The van der Waals surface area contributed by atoms with Gasteiger partial charge in [-0.1, -0.05) is 0 Å². The molecule has 2 rings (SSSR count). The van der Waals surface area contributed by atoms with Crippen LogP contribution in [0.2, 0.25) is 0 Å². The van der Waals surface area contributed by atoms with Gasteiger partial charge in [0, 0.05) is 29.5 Å². The van der Waals surface area contributed by atoms with Crippen LogP contribution >= 0.6 is 11.3 Å². The largest absolute Gasteiger partial charge is 0.380 e. The zero-order chi connectivity index (χ0) is 13.7. The van der Waals surface area contributed by atoms with Gasteiger partial charge in [-0.15, -0.1) is 11.3 Å². The Morgan fingerprint density at radius 2 is 1.95 bits per heavy atom. The van der Waals surface area contributed by atoms with E-state index in [0.29, 0.717) is 0 Å². The van der Waals surface area contributed by atoms with Crippen molar-refractivity contribution in [3.63, 3.8) is 0 Å². The minimum Gasteiger partial charge on any atom is -0.380 e. The highest BCUT2D eigenvalue weighted by Crippen LogP contribution is 2.16. The number of thiazole rings is 1. The lowest BCUT2D eigenvalue weighted by Gasteiger charge is -2.07. The van der Waals surface area contributed by atoms with Crippen LogP contribution in [-0.2, 0) is 6.54 Å². The topological polar surface area (TPSA) is 66.1 Å². The molecule has 0 aliphatic rings. The van der Waals surface area contributed by atoms with Gasteiger partial charge in [-0.05, 0) is 31.2 Å². The van der Waals surface area contributed by atoms with Gasteiger partial charge in [0.15, 0.2) is 0 Å². The Bertz CT molecular complexity index is 550. The van der Waals surface area contributed by atoms with Crippen LogP contribution in [0.3, 0.4) is 0 Å². The monoisotopic (exact) mass is 276 g/mol. The summed E-state index contributed by atoms with van der Waals surface area (Å²) in [6.45, 7) is 2.75. The maximum absolute atomic E-state index is 11.1. The molecule has 0 aliphatic heterocycles. The number of nitrogens with zero attached hydrogens (tertiary/aromatic N) is 1. The number of aryl methyl sites for hydroxylation is 1. The van der Waals surface area contributed by atoms with E-state index in [2.05, 4.69) is 20.9 Å². The van der Waals surface area contributed by atoms with Crippen molar-refractivity contribution in [3.8, 4) is 0 Å². The number of urea groups is 1. The number of amides is 2. The van der Waals surface area contributed by atoms with E-state index in [-0.39, 0.29) is 6.03 Å². The van der Waals surface area contributed by atoms with E-state index in [1.54, 1.807) is 18.4 Å². The molecule has 0 bridgehead atoms. The maximum atomic E-state index is 11.1. The third-order valence-corrected chi connectivity index (χ3v) is 3.42. The summed E-state index contributed by atoms with van der Waals surface area (Å²) in [5.41, 5.74) is 1.77. The molecule has 19 heavy (non-hydrogen) atoms. The van der Waals surface area contributed by atoms with Crippen molar-refractivity contribution in [2.75, 3.05) is 17.7 Å². The number of anilines is 2. The normalized spacial score (nSPS) is 10.0. The van der Waals surface area contributed by atoms with E-state index < -0.39 is 0 Å². The van der Waals surface area contributed by atoms with E-state index in [0.717, 1.165) is 22.9 Å². The number of carbonyl (C=O) groups excluding carboxylic acids is 1. The van der Waals surface area contributed by atoms with Gasteiger partial charge in [-0.3, -0.25) is 0 Å². The predicted molar refractivity (Wildman–Crippen MR) is 78.7 cm³/mol. The highest BCUT2D eigenvalue weighted by atomic mass is 32.1. The van der Waals surface area contributed by atoms with Crippen molar-refractivity contribution in [2.24, 2.45) is 0 Å². The second-order valence-electron chi connectivity index (χ2n) is 3.98. The standard InChI is InChI=1S/C13H16N4OS/c1-9-15-7-12(19-9)8-16-10-3-5-11(6-4-10)17-13(18)14-2/h3-7,16H,8H2,1-2H3,(H2,14,17,18). The van der Waals surface area contributed by atoms with Crippen LogP contribution in [0.25, 0.3) is 0 Å². The second kappa shape index (κ2) is 6.19. The minimum atomic E-state index is -0.221. The molecule has 0 radical (unpaired) electrons. The van der Waals surface area contributed by atoms with Crippen LogP contribution in [0.15, 0.2) is 30.5 Å². The molecular formula is C13H16N4OS. The molecule has 0 fully saturated rings. The molecule has 100 valence electrons. The van der Waals surface area contributed by atoms with Gasteiger partial charge in [0.05, 0.1) is 11.6 Å². The number of hydrogen-bond acceptors (Lipinski definition) is 4. The van der Waals surface area contributed by atoms with Gasteiger partial charge in [0.2, 0.25) is 0 Å². The first-order valence-corrected chi connectivity index (χ1v) is 6.73. The van der Waals surface area contributed by atoms with Gasteiger partial charge >= 0.3 is 6.03 Å². The average Bonchev–Trinajstić information content (AvgIpc) is 2.83. The molecule has 5 nitrogen and oxygen atoms in total. The van der Waals surface area contributed by atoms with E-state index >= 15 is 0 Å². The van der Waals surface area contributed by atoms with E-state index in [1.807, 2.05) is 37.4 Å². The molecule has 0 unspecified atom stereocenters. The first-order valence-electron chi connectivity index (χ1n) is 5.91. The van der Waals surface area contributed by atoms with Gasteiger partial charge in [-0.25, -0.2) is 9.78 Å². The molecule has 1 aromatic carbocycles. The van der Waals surface area contributed by atoms with E-state index in [4.69, 9.17) is 0 Å². The highest BCUT2D eigenvalue weighted by molar-refractivity contribution is 7.11. The quantitative estimate of drug-likeness (QED) is 0.804. The Morgan fingerprint density at radius 3 is 2.53 bits per heavy atom. The first kappa shape index (κ1) is 13.4. The van der Waals surface area contributed by atoms with Crippen molar-refractivity contribution in [1.82, 2.24) is 10.3 Å². The van der Waals surface area contributed by atoms with Gasteiger partial charge < -0.3 is 16.0 Å². The van der Waals surface area contributed by atoms with Crippen LogP contribution in [0.1, 0.15) is 9.88 Å². The molecule has 1 heterocycles. The summed E-state index contributed by atoms with van der Waals surface area (Å²) in [5, 5.41) is 9.60. The molecule has 0 saturated carbocycles. The SMILES string of the molecule is CNC(=O)Nc1ccc(NCc2cnc(C)s2)cc1. The molecule has 0 saturated heterocycles. The van der Waals surface area contributed by atoms with Crippen LogP contribution in [-0.4, -0.2) is 18.1 Å². The molecule has 3 N–H and O–H groups in total. The zero-order valence-electron chi connectivity index (χ0n) is 10.9. The Balaban J connectivity index is 1.89. The van der Waals surface area contributed by atoms with Crippen molar-refractivity contribution >= 4 is 28.7 Å². The summed E-state index contributed by atoms with van der Waals surface area (Å²) < 4.78 is 0. The summed E-state index contributed by atoms with van der Waals surface area (Å²) in [5.74, 6) is 0. The van der Waals surface area contributed by atoms with E-state index in [9.17, 15) is 4.79 Å². The number of nitrogens with one attached hydrogen (secondary N) is 3. The molecule has 6 heteroatoms. The Labute approximate surface area is 116 Å². The fourth-order valence-electron chi connectivity index (χ4n) is 1.54. The fraction of sp³-hybridized carbons (Fsp3) is 0.231.